The normalized spacial score (nSPS) is 14.8. The van der Waals surface area contributed by atoms with Gasteiger partial charge in [0, 0.05) is 30.6 Å². The van der Waals surface area contributed by atoms with Crippen LogP contribution < -0.4 is 0 Å². The molecule has 0 radical (unpaired) electrons. The molecule has 2 unspecified atom stereocenters. The van der Waals surface area contributed by atoms with E-state index in [0.29, 0.717) is 0 Å². The van der Waals surface area contributed by atoms with Gasteiger partial charge in [-0.25, -0.2) is 4.21 Å². The average molecular weight is 477 g/mol. The highest BCUT2D eigenvalue weighted by atomic mass is 32.2. The van der Waals surface area contributed by atoms with Crippen LogP contribution in [0, 0.1) is 5.92 Å². The summed E-state index contributed by atoms with van der Waals surface area (Å²) in [7, 11) is 5.01. The van der Waals surface area contributed by atoms with E-state index in [-0.39, 0.29) is 30.0 Å². The van der Waals surface area contributed by atoms with E-state index in [1.807, 2.05) is 41.5 Å². The first kappa shape index (κ1) is 40.2. The van der Waals surface area contributed by atoms with Crippen LogP contribution in [0.3, 0.4) is 0 Å². The Morgan fingerprint density at radius 3 is 1.23 bits per heavy atom. The molecule has 0 fully saturated rings. The van der Waals surface area contributed by atoms with Gasteiger partial charge in [-0.1, -0.05) is 35.1 Å². The number of hydrogen-bond acceptors (Lipinski definition) is 5. The van der Waals surface area contributed by atoms with Gasteiger partial charge >= 0.3 is 0 Å². The molecule has 0 spiro atoms. The van der Waals surface area contributed by atoms with Gasteiger partial charge in [-0.05, 0) is 40.5 Å². The zero-order valence-corrected chi connectivity index (χ0v) is 23.6. The average Bonchev–Trinajstić information content (AvgIpc) is 2.55. The third kappa shape index (κ3) is 25.8. The third-order valence-corrected chi connectivity index (χ3v) is 9.26. The number of rotatable bonds is 6. The molecule has 188 valence electrons. The van der Waals surface area contributed by atoms with Crippen molar-refractivity contribution >= 4 is 28.8 Å². The fraction of sp³-hybridized carbons (Fsp3) is 0.909. The zero-order chi connectivity index (χ0) is 24.8. The van der Waals surface area contributed by atoms with Crippen molar-refractivity contribution in [2.24, 2.45) is 5.92 Å². The van der Waals surface area contributed by atoms with Gasteiger partial charge in [-0.3, -0.25) is 9.36 Å². The second-order valence-corrected chi connectivity index (χ2v) is 14.9. The van der Waals surface area contributed by atoms with Crippen LogP contribution in [0.15, 0.2) is 0 Å². The first-order valence-electron chi connectivity index (χ1n) is 9.96. The summed E-state index contributed by atoms with van der Waals surface area (Å²) in [6.07, 6.45) is 0. The summed E-state index contributed by atoms with van der Waals surface area (Å²) in [6, 6.07) is 0.736. The van der Waals surface area contributed by atoms with E-state index in [1.165, 1.54) is 14.2 Å². The standard InChI is InChI=1S/C6H16N.C5H13O2P.C5H12O2S.C5H10O.CH4/c1-6(2)7(3,4)5;2*1-5(2)8(4,6)7-3;1-4(2)5(3)6;/h6H,1-5H3;5H,1-4H3;5H,4H2,1-3H3;4H,1-3H3;1H4/q+1;;;;. The molecule has 0 aliphatic carbocycles. The fourth-order valence-electron chi connectivity index (χ4n) is 0.403. The molecule has 0 amide bonds. The summed E-state index contributed by atoms with van der Waals surface area (Å²) in [5.41, 5.74) is 0.146. The minimum atomic E-state index is -2.25. The predicted molar refractivity (Wildman–Crippen MR) is 139 cm³/mol. The second-order valence-electron chi connectivity index (χ2n) is 9.04. The summed E-state index contributed by atoms with van der Waals surface area (Å²) >= 11 is 0. The van der Waals surface area contributed by atoms with Crippen molar-refractivity contribution in [3.05, 3.63) is 0 Å². The van der Waals surface area contributed by atoms with Gasteiger partial charge in [0.1, 0.15) is 5.78 Å². The van der Waals surface area contributed by atoms with Crippen molar-refractivity contribution in [3.8, 4) is 0 Å². The molecule has 0 heterocycles. The Morgan fingerprint density at radius 1 is 0.967 bits per heavy atom. The Balaban J connectivity index is -0.0000000921. The van der Waals surface area contributed by atoms with E-state index in [0.717, 1.165) is 10.5 Å². The molecular weight excluding hydrogens is 421 g/mol. The molecule has 0 aromatic carbocycles. The molecule has 8 heteroatoms. The summed E-state index contributed by atoms with van der Waals surface area (Å²) < 4.78 is 32.4. The molecule has 0 aromatic rings. The third-order valence-electron chi connectivity index (χ3n) is 4.66. The molecule has 0 N–H and O–H groups in total. The van der Waals surface area contributed by atoms with Crippen LogP contribution in [0.2, 0.25) is 0 Å². The van der Waals surface area contributed by atoms with Crippen LogP contribution in [0.5, 0.6) is 0 Å². The molecule has 0 bridgehead atoms. The maximum atomic E-state index is 11.1. The SMILES string of the molecule is C.C=S(=O)(OC)C(C)C.CC(=O)C(C)C.CC(C)[N+](C)(C)C.COP(C)(=O)C(C)C. The van der Waals surface area contributed by atoms with Crippen LogP contribution in [-0.2, 0) is 27.9 Å². The smallest absolute Gasteiger partial charge is 0.202 e. The maximum absolute atomic E-state index is 11.1. The summed E-state index contributed by atoms with van der Waals surface area (Å²) in [6.45, 7) is 18.9. The van der Waals surface area contributed by atoms with Crippen molar-refractivity contribution < 1.29 is 26.8 Å². The number of carbonyl (C=O) groups is 1. The highest BCUT2D eigenvalue weighted by Crippen LogP contribution is 2.46. The first-order chi connectivity index (χ1) is 12.6. The van der Waals surface area contributed by atoms with Gasteiger partial charge in [-0.15, -0.1) is 0 Å². The van der Waals surface area contributed by atoms with E-state index in [4.69, 9.17) is 4.52 Å². The molecule has 6 nitrogen and oxygen atoms in total. The summed E-state index contributed by atoms with van der Waals surface area (Å²) in [5, 5.41) is 0.00694. The van der Waals surface area contributed by atoms with Gasteiger partial charge in [0.2, 0.25) is 7.37 Å². The highest BCUT2D eigenvalue weighted by Gasteiger charge is 2.17. The summed E-state index contributed by atoms with van der Waals surface area (Å²) in [5.74, 6) is 3.87. The quantitative estimate of drug-likeness (QED) is 0.284. The zero-order valence-electron chi connectivity index (χ0n) is 21.9. The lowest BCUT2D eigenvalue weighted by Gasteiger charge is -2.28. The summed E-state index contributed by atoms with van der Waals surface area (Å²) in [4.78, 5) is 10.1. The minimum absolute atomic E-state index is 0. The van der Waals surface area contributed by atoms with Crippen LogP contribution in [-0.4, -0.2) is 79.3 Å². The molecule has 30 heavy (non-hydrogen) atoms. The number of hydrogen-bond donors (Lipinski definition) is 0. The van der Waals surface area contributed by atoms with Crippen molar-refractivity contribution in [2.75, 3.05) is 42.0 Å². The lowest BCUT2D eigenvalue weighted by Crippen LogP contribution is -2.41. The van der Waals surface area contributed by atoms with Gasteiger partial charge in [-0.2, -0.15) is 0 Å². The first-order valence-corrected chi connectivity index (χ1v) is 13.8. The van der Waals surface area contributed by atoms with Crippen molar-refractivity contribution in [1.82, 2.24) is 0 Å². The molecule has 0 aliphatic heterocycles. The maximum Gasteiger partial charge on any atom is 0.202 e. The number of ketones is 1. The number of quaternary nitrogens is 1. The molecular formula is C22H55NO5PS+. The minimum Gasteiger partial charge on any atom is -0.332 e. The number of nitrogens with zero attached hydrogens (tertiary/aromatic N) is 1. The molecule has 0 aromatic heterocycles. The Labute approximate surface area is 190 Å². The van der Waals surface area contributed by atoms with Crippen molar-refractivity contribution in [1.29, 1.82) is 0 Å². The van der Waals surface area contributed by atoms with Gasteiger partial charge < -0.3 is 13.2 Å². The van der Waals surface area contributed by atoms with Gasteiger partial charge in [0.15, 0.2) is 0 Å². The Morgan fingerprint density at radius 2 is 1.23 bits per heavy atom. The monoisotopic (exact) mass is 476 g/mol. The Bertz CT molecular complexity index is 563. The van der Waals surface area contributed by atoms with Gasteiger partial charge in [0.25, 0.3) is 0 Å². The number of Topliss-reactive ketones (excluding diaryl/α,β-unsaturated/α-hetero) is 1. The highest BCUT2D eigenvalue weighted by molar-refractivity contribution is 7.96. The van der Waals surface area contributed by atoms with E-state index < -0.39 is 17.2 Å². The largest absolute Gasteiger partial charge is 0.332 e. The van der Waals surface area contributed by atoms with Gasteiger partial charge in [0.05, 0.1) is 44.1 Å². The molecule has 0 aliphatic rings. The predicted octanol–water partition coefficient (Wildman–Crippen LogP) is 5.59. The molecule has 2 atom stereocenters. The lowest BCUT2D eigenvalue weighted by atomic mass is 10.1. The van der Waals surface area contributed by atoms with E-state index in [2.05, 4.69) is 45.0 Å². The molecule has 0 saturated heterocycles. The fourth-order valence-corrected chi connectivity index (χ4v) is 1.21. The van der Waals surface area contributed by atoms with E-state index >= 15 is 0 Å². The molecule has 0 rings (SSSR count). The molecule has 0 saturated carbocycles. The lowest BCUT2D eigenvalue weighted by molar-refractivity contribution is -0.891. The van der Waals surface area contributed by atoms with Crippen LogP contribution in [0.25, 0.3) is 0 Å². The Kier molecular flexibility index (Phi) is 24.6. The topological polar surface area (TPSA) is 69.7 Å². The van der Waals surface area contributed by atoms with E-state index in [9.17, 15) is 13.6 Å². The van der Waals surface area contributed by atoms with Crippen molar-refractivity contribution in [2.45, 2.75) is 86.7 Å². The van der Waals surface area contributed by atoms with Crippen LogP contribution >= 0.6 is 7.37 Å². The number of carbonyl (C=O) groups excluding carboxylic acids is 1. The second kappa shape index (κ2) is 18.4. The van der Waals surface area contributed by atoms with Crippen LogP contribution in [0.4, 0.5) is 0 Å². The Hall–Kier alpha value is -0.200. The van der Waals surface area contributed by atoms with Crippen LogP contribution in [0.1, 0.15) is 69.7 Å². The van der Waals surface area contributed by atoms with E-state index in [1.54, 1.807) is 13.6 Å². The van der Waals surface area contributed by atoms with Crippen molar-refractivity contribution in [3.63, 3.8) is 0 Å².